The average Bonchev–Trinajstić information content (AvgIpc) is 2.91. The first-order chi connectivity index (χ1) is 9.74. The Hall–Kier alpha value is -1.23. The van der Waals surface area contributed by atoms with Crippen molar-refractivity contribution in [3.8, 4) is 0 Å². The third-order valence-corrected chi connectivity index (χ3v) is 5.17. The molecule has 20 heavy (non-hydrogen) atoms. The van der Waals surface area contributed by atoms with Crippen molar-refractivity contribution < 1.29 is 0 Å². The summed E-state index contributed by atoms with van der Waals surface area (Å²) in [6.07, 6.45) is 7.79. The number of nitrogens with one attached hydrogen (secondary N) is 1. The molecular formula is C15H22N4S. The van der Waals surface area contributed by atoms with Crippen LogP contribution >= 0.6 is 11.8 Å². The summed E-state index contributed by atoms with van der Waals surface area (Å²) in [6, 6.07) is 2.15. The Labute approximate surface area is 124 Å². The fraction of sp³-hybridized carbons (Fsp3) is 0.600. The Kier molecular flexibility index (Phi) is 4.15. The topological polar surface area (TPSA) is 42.2 Å². The Bertz CT molecular complexity index is 572. The fourth-order valence-electron chi connectivity index (χ4n) is 2.54. The predicted octanol–water partition coefficient (Wildman–Crippen LogP) is 3.55. The monoisotopic (exact) mass is 290 g/mol. The normalized spacial score (nSPS) is 19.6. The van der Waals surface area contributed by atoms with E-state index in [1.54, 1.807) is 0 Å². The summed E-state index contributed by atoms with van der Waals surface area (Å²) in [5, 5.41) is 8.84. The van der Waals surface area contributed by atoms with Crippen LogP contribution in [0, 0.1) is 0 Å². The Morgan fingerprint density at radius 2 is 2.35 bits per heavy atom. The maximum atomic E-state index is 4.60. The third-order valence-electron chi connectivity index (χ3n) is 3.77. The lowest BCUT2D eigenvalue weighted by Gasteiger charge is -2.21. The van der Waals surface area contributed by atoms with E-state index in [4.69, 9.17) is 0 Å². The summed E-state index contributed by atoms with van der Waals surface area (Å²) in [7, 11) is 0. The molecule has 1 aliphatic heterocycles. The van der Waals surface area contributed by atoms with Crippen LogP contribution in [0.2, 0.25) is 0 Å². The van der Waals surface area contributed by atoms with Gasteiger partial charge < -0.3 is 5.32 Å². The molecule has 0 bridgehead atoms. The van der Waals surface area contributed by atoms with Crippen molar-refractivity contribution >= 4 is 23.1 Å². The Morgan fingerprint density at radius 3 is 3.10 bits per heavy atom. The molecule has 5 heteroatoms. The molecule has 1 unspecified atom stereocenters. The van der Waals surface area contributed by atoms with E-state index in [0.29, 0.717) is 5.92 Å². The Balaban J connectivity index is 1.76. The van der Waals surface area contributed by atoms with Crippen LogP contribution in [-0.4, -0.2) is 32.1 Å². The molecule has 0 spiro atoms. The van der Waals surface area contributed by atoms with E-state index in [9.17, 15) is 0 Å². The number of rotatable bonds is 4. The van der Waals surface area contributed by atoms with Crippen LogP contribution in [0.5, 0.6) is 0 Å². The van der Waals surface area contributed by atoms with Gasteiger partial charge in [0.25, 0.3) is 0 Å². The highest BCUT2D eigenvalue weighted by Crippen LogP contribution is 2.26. The zero-order valence-electron chi connectivity index (χ0n) is 12.2. The molecule has 1 fully saturated rings. The molecule has 0 saturated carbocycles. The number of hydrogen-bond donors (Lipinski definition) is 1. The van der Waals surface area contributed by atoms with Gasteiger partial charge in [-0.3, -0.25) is 0 Å². The second-order valence-electron chi connectivity index (χ2n) is 5.70. The molecule has 4 nitrogen and oxygen atoms in total. The highest BCUT2D eigenvalue weighted by molar-refractivity contribution is 7.99. The van der Waals surface area contributed by atoms with E-state index in [0.717, 1.165) is 28.8 Å². The number of thioether (sulfide) groups is 1. The number of nitrogens with zero attached hydrogens (tertiary/aromatic N) is 3. The van der Waals surface area contributed by atoms with Crippen molar-refractivity contribution in [3.05, 3.63) is 24.2 Å². The van der Waals surface area contributed by atoms with Crippen molar-refractivity contribution in [1.29, 1.82) is 0 Å². The van der Waals surface area contributed by atoms with Gasteiger partial charge in [-0.25, -0.2) is 9.50 Å². The molecule has 108 valence electrons. The summed E-state index contributed by atoms with van der Waals surface area (Å²) in [4.78, 5) is 4.48. The minimum absolute atomic E-state index is 0.441. The standard InChI is InChI=1S/C15H22N4S/c1-11(2)13-9-14-15(16-6-7-19(14)18-13)17-10-12-5-3-4-8-20-12/h6-7,9,11-12H,3-5,8,10H2,1-2H3,(H,16,17). The second kappa shape index (κ2) is 6.04. The summed E-state index contributed by atoms with van der Waals surface area (Å²) in [6.45, 7) is 5.33. The first-order valence-corrected chi connectivity index (χ1v) is 8.48. The van der Waals surface area contributed by atoms with Crippen LogP contribution in [0.4, 0.5) is 5.82 Å². The molecule has 1 N–H and O–H groups in total. The van der Waals surface area contributed by atoms with Crippen LogP contribution in [-0.2, 0) is 0 Å². The van der Waals surface area contributed by atoms with E-state index in [1.807, 2.05) is 16.9 Å². The largest absolute Gasteiger partial charge is 0.367 e. The summed E-state index contributed by atoms with van der Waals surface area (Å²) < 4.78 is 1.93. The van der Waals surface area contributed by atoms with Gasteiger partial charge in [-0.1, -0.05) is 20.3 Å². The molecule has 0 amide bonds. The number of hydrogen-bond acceptors (Lipinski definition) is 4. The van der Waals surface area contributed by atoms with Crippen LogP contribution < -0.4 is 5.32 Å². The molecule has 0 aliphatic carbocycles. The Morgan fingerprint density at radius 1 is 1.45 bits per heavy atom. The maximum Gasteiger partial charge on any atom is 0.152 e. The van der Waals surface area contributed by atoms with E-state index >= 15 is 0 Å². The first kappa shape index (κ1) is 13.7. The van der Waals surface area contributed by atoms with Gasteiger partial charge in [0.2, 0.25) is 0 Å². The van der Waals surface area contributed by atoms with Crippen LogP contribution in [0.15, 0.2) is 18.5 Å². The molecule has 0 aromatic carbocycles. The molecule has 2 aromatic rings. The highest BCUT2D eigenvalue weighted by atomic mass is 32.2. The number of anilines is 1. The highest BCUT2D eigenvalue weighted by Gasteiger charge is 2.15. The molecule has 1 atom stereocenters. The van der Waals surface area contributed by atoms with Crippen molar-refractivity contribution in [2.24, 2.45) is 0 Å². The van der Waals surface area contributed by atoms with Gasteiger partial charge in [0.15, 0.2) is 5.82 Å². The van der Waals surface area contributed by atoms with E-state index in [1.165, 1.54) is 25.0 Å². The summed E-state index contributed by atoms with van der Waals surface area (Å²) >= 11 is 2.09. The maximum absolute atomic E-state index is 4.60. The summed E-state index contributed by atoms with van der Waals surface area (Å²) in [5.74, 6) is 2.70. The first-order valence-electron chi connectivity index (χ1n) is 7.44. The molecule has 1 saturated heterocycles. The van der Waals surface area contributed by atoms with Crippen LogP contribution in [0.25, 0.3) is 5.52 Å². The van der Waals surface area contributed by atoms with Crippen molar-refractivity contribution in [2.45, 2.75) is 44.3 Å². The third kappa shape index (κ3) is 2.92. The second-order valence-corrected chi connectivity index (χ2v) is 7.11. The quantitative estimate of drug-likeness (QED) is 0.935. The van der Waals surface area contributed by atoms with Gasteiger partial charge in [0.1, 0.15) is 5.52 Å². The van der Waals surface area contributed by atoms with Crippen molar-refractivity contribution in [2.75, 3.05) is 17.6 Å². The average molecular weight is 290 g/mol. The minimum Gasteiger partial charge on any atom is -0.367 e. The lowest BCUT2D eigenvalue weighted by atomic mass is 10.1. The van der Waals surface area contributed by atoms with Gasteiger partial charge in [-0.2, -0.15) is 16.9 Å². The molecular weight excluding hydrogens is 268 g/mol. The van der Waals surface area contributed by atoms with Crippen molar-refractivity contribution in [3.63, 3.8) is 0 Å². The smallest absolute Gasteiger partial charge is 0.152 e. The van der Waals surface area contributed by atoms with Gasteiger partial charge in [-0.15, -0.1) is 0 Å². The lowest BCUT2D eigenvalue weighted by molar-refractivity contribution is 0.677. The minimum atomic E-state index is 0.441. The lowest BCUT2D eigenvalue weighted by Crippen LogP contribution is -2.20. The molecule has 2 aromatic heterocycles. The zero-order chi connectivity index (χ0) is 13.9. The predicted molar refractivity (Wildman–Crippen MR) is 85.7 cm³/mol. The zero-order valence-corrected chi connectivity index (χ0v) is 13.0. The van der Waals surface area contributed by atoms with Crippen molar-refractivity contribution in [1.82, 2.24) is 14.6 Å². The molecule has 0 radical (unpaired) electrons. The SMILES string of the molecule is CC(C)c1cc2c(NCC3CCCCS3)nccn2n1. The molecule has 1 aliphatic rings. The van der Waals surface area contributed by atoms with E-state index in [2.05, 4.69) is 47.1 Å². The van der Waals surface area contributed by atoms with Gasteiger partial charge in [0.05, 0.1) is 5.69 Å². The number of aromatic nitrogens is 3. The number of fused-ring (bicyclic) bond motifs is 1. The molecule has 3 rings (SSSR count). The van der Waals surface area contributed by atoms with E-state index in [-0.39, 0.29) is 0 Å². The van der Waals surface area contributed by atoms with Gasteiger partial charge in [-0.05, 0) is 30.6 Å². The van der Waals surface area contributed by atoms with Crippen LogP contribution in [0.1, 0.15) is 44.7 Å². The van der Waals surface area contributed by atoms with E-state index < -0.39 is 0 Å². The summed E-state index contributed by atoms with van der Waals surface area (Å²) in [5.41, 5.74) is 2.20. The van der Waals surface area contributed by atoms with Gasteiger partial charge in [0, 0.05) is 24.2 Å². The van der Waals surface area contributed by atoms with Crippen LogP contribution in [0.3, 0.4) is 0 Å². The fourth-order valence-corrected chi connectivity index (χ4v) is 3.78. The van der Waals surface area contributed by atoms with Gasteiger partial charge >= 0.3 is 0 Å². The molecule has 3 heterocycles.